The third-order valence-corrected chi connectivity index (χ3v) is 5.42. The Morgan fingerprint density at radius 1 is 1.07 bits per heavy atom. The largest absolute Gasteiger partial charge is 0.493 e. The number of ether oxygens (including phenoxy) is 3. The molecular formula is C25H31ClO4. The molecule has 5 heteroatoms. The van der Waals surface area contributed by atoms with E-state index < -0.39 is 6.10 Å². The van der Waals surface area contributed by atoms with Gasteiger partial charge in [-0.3, -0.25) is 4.79 Å². The summed E-state index contributed by atoms with van der Waals surface area (Å²) in [5.41, 5.74) is 4.30. The topological polar surface area (TPSA) is 44.8 Å². The highest BCUT2D eigenvalue weighted by Gasteiger charge is 2.25. The van der Waals surface area contributed by atoms with Gasteiger partial charge in [0, 0.05) is 12.3 Å². The number of hydrogen-bond acceptors (Lipinski definition) is 4. The quantitative estimate of drug-likeness (QED) is 0.363. The van der Waals surface area contributed by atoms with Crippen LogP contribution in [0.4, 0.5) is 0 Å². The van der Waals surface area contributed by atoms with Crippen LogP contribution in [0.2, 0.25) is 0 Å². The van der Waals surface area contributed by atoms with Crippen LogP contribution in [-0.4, -0.2) is 31.2 Å². The number of esters is 1. The van der Waals surface area contributed by atoms with E-state index in [1.807, 2.05) is 19.1 Å². The second kappa shape index (κ2) is 10.7. The number of aryl methyl sites for hydroxylation is 2. The lowest BCUT2D eigenvalue weighted by atomic mass is 9.77. The molecule has 0 N–H and O–H groups in total. The van der Waals surface area contributed by atoms with Gasteiger partial charge in [-0.15, -0.1) is 11.6 Å². The van der Waals surface area contributed by atoms with E-state index in [1.54, 1.807) is 6.42 Å². The average molecular weight is 431 g/mol. The van der Waals surface area contributed by atoms with Gasteiger partial charge in [-0.25, -0.2) is 0 Å². The van der Waals surface area contributed by atoms with Crippen LogP contribution in [0.3, 0.4) is 0 Å². The Kier molecular flexibility index (Phi) is 8.60. The van der Waals surface area contributed by atoms with Gasteiger partial charge in [0.1, 0.15) is 24.2 Å². The van der Waals surface area contributed by atoms with Crippen molar-refractivity contribution in [3.05, 3.63) is 72.0 Å². The molecule has 0 heterocycles. The third kappa shape index (κ3) is 6.15. The summed E-state index contributed by atoms with van der Waals surface area (Å²) >= 11 is 5.85. The Morgan fingerprint density at radius 2 is 1.60 bits per heavy atom. The van der Waals surface area contributed by atoms with Crippen LogP contribution in [0, 0.1) is 27.2 Å². The van der Waals surface area contributed by atoms with Crippen LogP contribution >= 0.6 is 11.6 Å². The van der Waals surface area contributed by atoms with Crippen LogP contribution in [0.1, 0.15) is 43.0 Å². The van der Waals surface area contributed by atoms with Crippen LogP contribution in [0.25, 0.3) is 0 Å². The first-order valence-electron chi connectivity index (χ1n) is 10.0. The molecule has 4 nitrogen and oxygen atoms in total. The van der Waals surface area contributed by atoms with E-state index in [0.29, 0.717) is 6.61 Å². The molecule has 0 saturated heterocycles. The lowest BCUT2D eigenvalue weighted by Gasteiger charge is -2.28. The van der Waals surface area contributed by atoms with Gasteiger partial charge in [-0.2, -0.15) is 0 Å². The predicted octanol–water partition coefficient (Wildman–Crippen LogP) is 5.60. The fourth-order valence-electron chi connectivity index (χ4n) is 3.24. The minimum absolute atomic E-state index is 0.190. The maximum absolute atomic E-state index is 11.1. The van der Waals surface area contributed by atoms with Gasteiger partial charge in [0.2, 0.25) is 0 Å². The highest BCUT2D eigenvalue weighted by atomic mass is 35.5. The molecule has 0 saturated carbocycles. The van der Waals surface area contributed by atoms with Gasteiger partial charge < -0.3 is 14.2 Å². The van der Waals surface area contributed by atoms with E-state index in [0.717, 1.165) is 22.6 Å². The molecule has 2 rings (SSSR count). The highest BCUT2D eigenvalue weighted by Crippen LogP contribution is 2.36. The van der Waals surface area contributed by atoms with E-state index in [9.17, 15) is 4.79 Å². The molecule has 2 radical (unpaired) electrons. The summed E-state index contributed by atoms with van der Waals surface area (Å²) in [6, 6.07) is 12.5. The zero-order chi connectivity index (χ0) is 22.3. The normalized spacial score (nSPS) is 12.4. The zero-order valence-corrected chi connectivity index (χ0v) is 19.2. The monoisotopic (exact) mass is 430 g/mol. The summed E-state index contributed by atoms with van der Waals surface area (Å²) in [6.45, 7) is 14.2. The first kappa shape index (κ1) is 24.1. The zero-order valence-electron chi connectivity index (χ0n) is 18.5. The van der Waals surface area contributed by atoms with Crippen molar-refractivity contribution in [2.24, 2.45) is 0 Å². The highest BCUT2D eigenvalue weighted by molar-refractivity contribution is 6.18. The summed E-state index contributed by atoms with van der Waals surface area (Å²) in [5.74, 6) is 1.45. The molecule has 162 valence electrons. The molecule has 30 heavy (non-hydrogen) atoms. The van der Waals surface area contributed by atoms with E-state index in [-0.39, 0.29) is 23.9 Å². The molecule has 0 fully saturated rings. The molecular weight excluding hydrogens is 400 g/mol. The summed E-state index contributed by atoms with van der Waals surface area (Å²) in [5, 5.41) is 0. The lowest BCUT2D eigenvalue weighted by Crippen LogP contribution is -2.26. The molecule has 0 aliphatic carbocycles. The number of alkyl halides is 1. The first-order chi connectivity index (χ1) is 14.2. The molecule has 0 aliphatic rings. The maximum atomic E-state index is 11.1. The number of rotatable bonds is 10. The first-order valence-corrected chi connectivity index (χ1v) is 10.5. The minimum atomic E-state index is -0.468. The molecule has 2 aromatic rings. The summed E-state index contributed by atoms with van der Waals surface area (Å²) in [7, 11) is 0. The van der Waals surface area contributed by atoms with Crippen LogP contribution < -0.4 is 9.47 Å². The standard InChI is InChI=1S/C25H31ClO4/c1-7-12-28-23-10-8-20(13-17(23)2)25(5,6)21-9-11-24(18(3)14-21)29-16-22(15-26)30-19(4)27/h7-11,13-14,22H,1,12,15-16H2,2-6H3/t22-/m1/s1. The fraction of sp³-hybridized carbons (Fsp3) is 0.400. The summed E-state index contributed by atoms with van der Waals surface area (Å²) < 4.78 is 16.7. The van der Waals surface area contributed by atoms with Crippen LogP contribution in [-0.2, 0) is 14.9 Å². The van der Waals surface area contributed by atoms with Gasteiger partial charge in [-0.05, 0) is 61.6 Å². The van der Waals surface area contributed by atoms with Gasteiger partial charge in [0.25, 0.3) is 0 Å². The van der Waals surface area contributed by atoms with Crippen molar-refractivity contribution in [3.8, 4) is 11.5 Å². The van der Waals surface area contributed by atoms with Gasteiger partial charge in [0.15, 0.2) is 0 Å². The Bertz CT molecular complexity index is 860. The van der Waals surface area contributed by atoms with Crippen molar-refractivity contribution in [1.82, 2.24) is 0 Å². The number of carbonyl (C=O) groups is 1. The molecule has 0 spiro atoms. The number of carbonyl (C=O) groups excluding carboxylic acids is 1. The summed E-state index contributed by atoms with van der Waals surface area (Å²) in [6.07, 6.45) is 1.27. The number of hydrogen-bond donors (Lipinski definition) is 0. The minimum Gasteiger partial charge on any atom is -0.493 e. The molecule has 0 amide bonds. The van der Waals surface area contributed by atoms with Crippen molar-refractivity contribution in [3.63, 3.8) is 0 Å². The molecule has 0 bridgehead atoms. The van der Waals surface area contributed by atoms with Crippen LogP contribution in [0.15, 0.2) is 36.4 Å². The van der Waals surface area contributed by atoms with Gasteiger partial charge in [0.05, 0.1) is 12.5 Å². The smallest absolute Gasteiger partial charge is 0.303 e. The molecule has 2 aromatic carbocycles. The van der Waals surface area contributed by atoms with E-state index in [4.69, 9.17) is 25.8 Å². The van der Waals surface area contributed by atoms with E-state index >= 15 is 0 Å². The Labute approximate surface area is 185 Å². The Hall–Kier alpha value is -2.20. The van der Waals surface area contributed by atoms with Crippen molar-refractivity contribution >= 4 is 17.6 Å². The van der Waals surface area contributed by atoms with Gasteiger partial charge in [-0.1, -0.05) is 38.1 Å². The molecule has 0 unspecified atom stereocenters. The Morgan fingerprint density at radius 3 is 2.03 bits per heavy atom. The SMILES string of the molecule is [CH2][CH]COc1ccc(C(C)(C)c2ccc(OC[C@@H](CCl)OC(C)=O)c(C)c2)cc1C. The average Bonchev–Trinajstić information content (AvgIpc) is 2.70. The molecule has 1 atom stereocenters. The van der Waals surface area contributed by atoms with Crippen molar-refractivity contribution < 1.29 is 19.0 Å². The second-order valence-electron chi connectivity index (χ2n) is 7.88. The van der Waals surface area contributed by atoms with Crippen molar-refractivity contribution in [1.29, 1.82) is 0 Å². The summed E-state index contributed by atoms with van der Waals surface area (Å²) in [4.78, 5) is 11.1. The fourth-order valence-corrected chi connectivity index (χ4v) is 3.40. The lowest BCUT2D eigenvalue weighted by molar-refractivity contribution is -0.146. The van der Waals surface area contributed by atoms with E-state index in [1.165, 1.54) is 18.1 Å². The van der Waals surface area contributed by atoms with E-state index in [2.05, 4.69) is 52.0 Å². The molecule has 0 aliphatic heterocycles. The van der Waals surface area contributed by atoms with Crippen molar-refractivity contribution in [2.45, 2.75) is 46.1 Å². The number of halogens is 1. The van der Waals surface area contributed by atoms with Crippen molar-refractivity contribution in [2.75, 3.05) is 19.1 Å². The predicted molar refractivity (Wildman–Crippen MR) is 121 cm³/mol. The van der Waals surface area contributed by atoms with Crippen LogP contribution in [0.5, 0.6) is 11.5 Å². The maximum Gasteiger partial charge on any atom is 0.303 e. The Balaban J connectivity index is 2.17. The third-order valence-electron chi connectivity index (χ3n) is 5.08. The van der Waals surface area contributed by atoms with Gasteiger partial charge >= 0.3 is 5.97 Å². The molecule has 0 aromatic heterocycles. The number of benzene rings is 2. The second-order valence-corrected chi connectivity index (χ2v) is 8.19.